The lowest BCUT2D eigenvalue weighted by Gasteiger charge is -2.39. The van der Waals surface area contributed by atoms with Crippen molar-refractivity contribution in [2.45, 2.75) is 43.9 Å². The Hall–Kier alpha value is -2.16. The fourth-order valence-electron chi connectivity index (χ4n) is 3.39. The number of ether oxygens (including phenoxy) is 2. The molecule has 1 aliphatic rings. The number of primary amides is 1. The number of benzene rings is 2. The lowest BCUT2D eigenvalue weighted by atomic mass is 9.89. The standard InChI is InChI=1S/C21H24ClNO6/c1-2-28-14-6-3-11(4-7-14)9-13-10-12(5-8-15(13)22)19-17(25)16(24)18(26)20(29-19)21(23)27/h3-8,10,16-20,24-26H,2,9H2,1H3,(H2,23,27)/t16-,17-,18+,19+,20+/m1/s1. The molecule has 0 bridgehead atoms. The fraction of sp³-hybridized carbons (Fsp3) is 0.381. The van der Waals surface area contributed by atoms with Gasteiger partial charge in [-0.15, -0.1) is 0 Å². The highest BCUT2D eigenvalue weighted by molar-refractivity contribution is 6.31. The molecule has 0 saturated carbocycles. The van der Waals surface area contributed by atoms with E-state index < -0.39 is 36.4 Å². The highest BCUT2D eigenvalue weighted by atomic mass is 35.5. The van der Waals surface area contributed by atoms with Crippen molar-refractivity contribution < 1.29 is 29.6 Å². The number of carbonyl (C=O) groups excluding carboxylic acids is 1. The quantitative estimate of drug-likeness (QED) is 0.558. The molecule has 1 saturated heterocycles. The summed E-state index contributed by atoms with van der Waals surface area (Å²) in [5.74, 6) is -0.142. The predicted octanol–water partition coefficient (Wildman–Crippen LogP) is 1.34. The van der Waals surface area contributed by atoms with Gasteiger partial charge in [0.05, 0.1) is 6.61 Å². The van der Waals surface area contributed by atoms with Crippen LogP contribution in [-0.4, -0.2) is 52.2 Å². The molecular formula is C21H24ClNO6. The average molecular weight is 422 g/mol. The smallest absolute Gasteiger partial charge is 0.249 e. The van der Waals surface area contributed by atoms with Crippen LogP contribution in [0.3, 0.4) is 0 Å². The van der Waals surface area contributed by atoms with Gasteiger partial charge in [-0.2, -0.15) is 0 Å². The molecule has 5 atom stereocenters. The molecule has 0 radical (unpaired) electrons. The number of halogens is 1. The number of amides is 1. The number of hydrogen-bond donors (Lipinski definition) is 4. The maximum atomic E-state index is 11.5. The lowest BCUT2D eigenvalue weighted by Crippen LogP contribution is -2.58. The molecule has 3 rings (SSSR count). The van der Waals surface area contributed by atoms with E-state index in [9.17, 15) is 20.1 Å². The Kier molecular flexibility index (Phi) is 6.77. The van der Waals surface area contributed by atoms with Crippen molar-refractivity contribution in [3.8, 4) is 5.75 Å². The second kappa shape index (κ2) is 9.11. The zero-order valence-electron chi connectivity index (χ0n) is 15.9. The molecule has 5 N–H and O–H groups in total. The molecule has 0 aliphatic carbocycles. The third kappa shape index (κ3) is 4.71. The van der Waals surface area contributed by atoms with Crippen LogP contribution in [0.25, 0.3) is 0 Å². The number of aliphatic hydroxyl groups excluding tert-OH is 3. The molecule has 2 aromatic rings. The van der Waals surface area contributed by atoms with Crippen LogP contribution in [0.15, 0.2) is 42.5 Å². The summed E-state index contributed by atoms with van der Waals surface area (Å²) in [6.45, 7) is 2.50. The Bertz CT molecular complexity index is 859. The fourth-order valence-corrected chi connectivity index (χ4v) is 3.57. The molecule has 1 aliphatic heterocycles. The molecule has 1 heterocycles. The highest BCUT2D eigenvalue weighted by Gasteiger charge is 2.46. The van der Waals surface area contributed by atoms with Gasteiger partial charge in [-0.1, -0.05) is 35.9 Å². The van der Waals surface area contributed by atoms with Crippen LogP contribution in [0.1, 0.15) is 29.7 Å². The Morgan fingerprint density at radius 2 is 1.79 bits per heavy atom. The van der Waals surface area contributed by atoms with Gasteiger partial charge in [0.15, 0.2) is 6.10 Å². The number of aliphatic hydroxyl groups is 3. The molecule has 0 spiro atoms. The van der Waals surface area contributed by atoms with Crippen LogP contribution in [0.5, 0.6) is 5.75 Å². The van der Waals surface area contributed by atoms with Gasteiger partial charge >= 0.3 is 0 Å². The van der Waals surface area contributed by atoms with E-state index in [1.54, 1.807) is 18.2 Å². The monoisotopic (exact) mass is 421 g/mol. The lowest BCUT2D eigenvalue weighted by molar-refractivity contribution is -0.221. The van der Waals surface area contributed by atoms with E-state index in [0.717, 1.165) is 16.9 Å². The first-order valence-corrected chi connectivity index (χ1v) is 9.68. The third-order valence-electron chi connectivity index (χ3n) is 4.92. The Morgan fingerprint density at radius 3 is 2.41 bits per heavy atom. The topological polar surface area (TPSA) is 122 Å². The molecular weight excluding hydrogens is 398 g/mol. The zero-order valence-corrected chi connectivity index (χ0v) is 16.6. The van der Waals surface area contributed by atoms with Gasteiger partial charge in [0, 0.05) is 5.02 Å². The van der Waals surface area contributed by atoms with Crippen molar-refractivity contribution in [1.82, 2.24) is 0 Å². The van der Waals surface area contributed by atoms with Gasteiger partial charge in [-0.3, -0.25) is 4.79 Å². The van der Waals surface area contributed by atoms with E-state index in [1.807, 2.05) is 31.2 Å². The van der Waals surface area contributed by atoms with Crippen LogP contribution in [-0.2, 0) is 16.0 Å². The van der Waals surface area contributed by atoms with Crippen molar-refractivity contribution in [2.75, 3.05) is 6.61 Å². The van der Waals surface area contributed by atoms with Gasteiger partial charge in [-0.05, 0) is 48.2 Å². The first-order valence-electron chi connectivity index (χ1n) is 9.30. The van der Waals surface area contributed by atoms with Gasteiger partial charge in [0.2, 0.25) is 5.91 Å². The maximum Gasteiger partial charge on any atom is 0.249 e. The SMILES string of the molecule is CCOc1ccc(Cc2cc([C@@H]3O[C@H](C(N)=O)[C@@H](O)[C@H](O)[C@H]3O)ccc2Cl)cc1. The van der Waals surface area contributed by atoms with E-state index in [4.69, 9.17) is 26.8 Å². The summed E-state index contributed by atoms with van der Waals surface area (Å²) >= 11 is 6.34. The number of carbonyl (C=O) groups is 1. The van der Waals surface area contributed by atoms with Crippen molar-refractivity contribution in [2.24, 2.45) is 5.73 Å². The molecule has 0 unspecified atom stereocenters. The second-order valence-corrected chi connectivity index (χ2v) is 7.36. The van der Waals surface area contributed by atoms with E-state index in [1.165, 1.54) is 0 Å². The van der Waals surface area contributed by atoms with Crippen LogP contribution in [0.4, 0.5) is 0 Å². The van der Waals surface area contributed by atoms with Crippen LogP contribution in [0, 0.1) is 0 Å². The number of nitrogens with two attached hydrogens (primary N) is 1. The first-order chi connectivity index (χ1) is 13.8. The zero-order chi connectivity index (χ0) is 21.1. The summed E-state index contributed by atoms with van der Waals surface area (Å²) in [4.78, 5) is 11.5. The minimum absolute atomic E-state index is 0.514. The number of hydrogen-bond acceptors (Lipinski definition) is 6. The largest absolute Gasteiger partial charge is 0.494 e. The van der Waals surface area contributed by atoms with E-state index in [2.05, 4.69) is 0 Å². The van der Waals surface area contributed by atoms with E-state index in [0.29, 0.717) is 23.6 Å². The van der Waals surface area contributed by atoms with Crippen LogP contribution in [0.2, 0.25) is 5.02 Å². The molecule has 1 amide bonds. The summed E-state index contributed by atoms with van der Waals surface area (Å²) in [5, 5.41) is 30.9. The molecule has 8 heteroatoms. The first kappa shape index (κ1) is 21.5. The molecule has 7 nitrogen and oxygen atoms in total. The molecule has 0 aromatic heterocycles. The highest BCUT2D eigenvalue weighted by Crippen LogP contribution is 2.34. The minimum atomic E-state index is -1.60. The van der Waals surface area contributed by atoms with Crippen LogP contribution >= 0.6 is 11.6 Å². The summed E-state index contributed by atoms with van der Waals surface area (Å²) in [7, 11) is 0. The van der Waals surface area contributed by atoms with Crippen molar-refractivity contribution in [1.29, 1.82) is 0 Å². The maximum absolute atomic E-state index is 11.5. The van der Waals surface area contributed by atoms with Crippen molar-refractivity contribution >= 4 is 17.5 Å². The molecule has 29 heavy (non-hydrogen) atoms. The molecule has 1 fully saturated rings. The summed E-state index contributed by atoms with van der Waals surface area (Å²) in [6.07, 6.45) is -6.55. The molecule has 2 aromatic carbocycles. The summed E-state index contributed by atoms with van der Waals surface area (Å²) in [5.41, 5.74) is 7.54. The summed E-state index contributed by atoms with van der Waals surface area (Å²) < 4.78 is 11.0. The van der Waals surface area contributed by atoms with Gasteiger partial charge in [-0.25, -0.2) is 0 Å². The third-order valence-corrected chi connectivity index (χ3v) is 5.29. The van der Waals surface area contributed by atoms with E-state index in [-0.39, 0.29) is 0 Å². The van der Waals surface area contributed by atoms with Gasteiger partial charge in [0.1, 0.15) is 30.2 Å². The molecule has 156 valence electrons. The Balaban J connectivity index is 1.85. The Labute approximate surface area is 173 Å². The second-order valence-electron chi connectivity index (χ2n) is 6.96. The summed E-state index contributed by atoms with van der Waals surface area (Å²) in [6, 6.07) is 12.7. The minimum Gasteiger partial charge on any atom is -0.494 e. The van der Waals surface area contributed by atoms with Crippen molar-refractivity contribution in [3.05, 3.63) is 64.2 Å². The van der Waals surface area contributed by atoms with Crippen molar-refractivity contribution in [3.63, 3.8) is 0 Å². The van der Waals surface area contributed by atoms with Gasteiger partial charge < -0.3 is 30.5 Å². The number of rotatable bonds is 6. The average Bonchev–Trinajstić information content (AvgIpc) is 2.69. The normalized spacial score (nSPS) is 26.9. The van der Waals surface area contributed by atoms with Gasteiger partial charge in [0.25, 0.3) is 0 Å². The van der Waals surface area contributed by atoms with Crippen LogP contribution < -0.4 is 10.5 Å². The van der Waals surface area contributed by atoms with E-state index >= 15 is 0 Å². The Morgan fingerprint density at radius 1 is 1.10 bits per heavy atom. The predicted molar refractivity (Wildman–Crippen MR) is 107 cm³/mol.